The number of hydrogen-bond donors (Lipinski definition) is 2. The Morgan fingerprint density at radius 1 is 0.952 bits per heavy atom. The van der Waals surface area contributed by atoms with Crippen LogP contribution >= 0.6 is 0 Å². The fourth-order valence-corrected chi connectivity index (χ4v) is 6.41. The molecule has 1 spiro atoms. The molecule has 0 bridgehead atoms. The van der Waals surface area contributed by atoms with Crippen molar-refractivity contribution >= 4 is 23.4 Å². The molecule has 5 rings (SSSR count). The average molecular weight is 577 g/mol. The number of carbonyl (C=O) groups excluding carboxylic acids is 3. The molecule has 2 fully saturated rings. The van der Waals surface area contributed by atoms with E-state index in [4.69, 9.17) is 9.47 Å². The lowest BCUT2D eigenvalue weighted by Crippen LogP contribution is -2.52. The minimum atomic E-state index is -0.573. The van der Waals surface area contributed by atoms with Gasteiger partial charge in [0.05, 0.1) is 29.7 Å². The molecule has 2 aromatic rings. The van der Waals surface area contributed by atoms with E-state index in [-0.39, 0.29) is 30.4 Å². The molecular formula is C33H44N4O5. The highest BCUT2D eigenvalue weighted by Gasteiger charge is 2.42. The zero-order valence-corrected chi connectivity index (χ0v) is 25.0. The number of nitrogens with one attached hydrogen (secondary N) is 2. The van der Waals surface area contributed by atoms with Crippen LogP contribution in [0.3, 0.4) is 0 Å². The summed E-state index contributed by atoms with van der Waals surface area (Å²) >= 11 is 0. The van der Waals surface area contributed by atoms with Crippen molar-refractivity contribution in [2.75, 3.05) is 51.3 Å². The molecule has 0 unspecified atom stereocenters. The largest absolute Gasteiger partial charge is 0.496 e. The molecule has 42 heavy (non-hydrogen) atoms. The number of piperidine rings is 2. The van der Waals surface area contributed by atoms with Gasteiger partial charge in [-0.25, -0.2) is 0 Å². The van der Waals surface area contributed by atoms with Crippen molar-refractivity contribution in [3.63, 3.8) is 0 Å². The molecule has 2 N–H and O–H groups in total. The summed E-state index contributed by atoms with van der Waals surface area (Å²) in [6, 6.07) is 12.9. The zero-order valence-electron chi connectivity index (χ0n) is 25.0. The highest BCUT2D eigenvalue weighted by Crippen LogP contribution is 2.38. The quantitative estimate of drug-likeness (QED) is 0.562. The topological polar surface area (TPSA) is 100 Å². The molecule has 0 radical (unpaired) electrons. The summed E-state index contributed by atoms with van der Waals surface area (Å²) in [5.41, 5.74) is 1.56. The normalized spacial score (nSPS) is 21.8. The van der Waals surface area contributed by atoms with E-state index in [9.17, 15) is 14.4 Å². The van der Waals surface area contributed by atoms with Crippen molar-refractivity contribution in [2.45, 2.75) is 64.3 Å². The van der Waals surface area contributed by atoms with Gasteiger partial charge in [0, 0.05) is 38.4 Å². The molecule has 2 saturated heterocycles. The van der Waals surface area contributed by atoms with Crippen LogP contribution in [0.25, 0.3) is 0 Å². The Hall–Kier alpha value is -3.75. The summed E-state index contributed by atoms with van der Waals surface area (Å²) in [5.74, 6) is 0.902. The van der Waals surface area contributed by atoms with Crippen LogP contribution in [-0.2, 0) is 4.79 Å². The molecule has 226 valence electrons. The maximum atomic E-state index is 13.8. The van der Waals surface area contributed by atoms with Gasteiger partial charge in [0.25, 0.3) is 11.8 Å². The minimum absolute atomic E-state index is 0.0183. The molecule has 3 aliphatic heterocycles. The van der Waals surface area contributed by atoms with E-state index in [2.05, 4.69) is 15.5 Å². The van der Waals surface area contributed by atoms with Crippen molar-refractivity contribution in [3.05, 3.63) is 53.6 Å². The van der Waals surface area contributed by atoms with Gasteiger partial charge in [0.15, 0.2) is 0 Å². The third kappa shape index (κ3) is 6.66. The van der Waals surface area contributed by atoms with Crippen LogP contribution in [0.1, 0.15) is 79.0 Å². The monoisotopic (exact) mass is 576 g/mol. The number of benzene rings is 2. The Bertz CT molecular complexity index is 1270. The molecular weight excluding hydrogens is 532 g/mol. The molecule has 1 atom stereocenters. The van der Waals surface area contributed by atoms with Crippen LogP contribution in [0.2, 0.25) is 0 Å². The van der Waals surface area contributed by atoms with Gasteiger partial charge in [-0.1, -0.05) is 18.6 Å². The number of fused-ring (bicyclic) bond motifs is 1. The molecule has 3 heterocycles. The Labute approximate surface area is 248 Å². The number of nitrogens with zero attached hydrogens (tertiary/aromatic N) is 2. The van der Waals surface area contributed by atoms with Gasteiger partial charge in [0.2, 0.25) is 5.91 Å². The van der Waals surface area contributed by atoms with Crippen molar-refractivity contribution in [1.82, 2.24) is 15.5 Å². The summed E-state index contributed by atoms with van der Waals surface area (Å²) in [4.78, 5) is 44.5. The summed E-state index contributed by atoms with van der Waals surface area (Å²) < 4.78 is 11.6. The first-order valence-corrected chi connectivity index (χ1v) is 15.4. The number of carbonyl (C=O) groups is 3. The van der Waals surface area contributed by atoms with Crippen molar-refractivity contribution in [1.29, 1.82) is 0 Å². The van der Waals surface area contributed by atoms with Gasteiger partial charge >= 0.3 is 0 Å². The standard InChI is InChI=1S/C33H44N4O5/c1-24-23-42-29-11-5-4-10-26(29)30(38)34-17-7-6-14-33(32(40)35-24)15-20-37(21-16-33)31(39)27-22-25(12-13-28(27)41-2)36-18-8-3-9-19-36/h4-5,10-13,22,24H,3,6-9,14-21,23H2,1-2H3,(H,34,38)(H,35,40)/t24-/m1/s1. The molecule has 0 aliphatic carbocycles. The van der Waals surface area contributed by atoms with E-state index in [0.29, 0.717) is 61.5 Å². The van der Waals surface area contributed by atoms with Crippen molar-refractivity contribution in [3.8, 4) is 11.5 Å². The van der Waals surface area contributed by atoms with Crippen LogP contribution in [0.4, 0.5) is 5.69 Å². The van der Waals surface area contributed by atoms with Gasteiger partial charge in [-0.15, -0.1) is 0 Å². The molecule has 2 aromatic carbocycles. The highest BCUT2D eigenvalue weighted by atomic mass is 16.5. The van der Waals surface area contributed by atoms with E-state index in [0.717, 1.165) is 44.5 Å². The lowest BCUT2D eigenvalue weighted by Gasteiger charge is -2.41. The number of anilines is 1. The van der Waals surface area contributed by atoms with Gasteiger partial charge < -0.3 is 29.9 Å². The Morgan fingerprint density at radius 3 is 2.48 bits per heavy atom. The minimum Gasteiger partial charge on any atom is -0.496 e. The zero-order chi connectivity index (χ0) is 29.5. The predicted octanol–water partition coefficient (Wildman–Crippen LogP) is 4.41. The molecule has 9 heteroatoms. The van der Waals surface area contributed by atoms with E-state index in [1.54, 1.807) is 19.2 Å². The third-order valence-corrected chi connectivity index (χ3v) is 8.99. The van der Waals surface area contributed by atoms with Gasteiger partial charge in [-0.3, -0.25) is 14.4 Å². The first-order chi connectivity index (χ1) is 20.4. The molecule has 0 aromatic heterocycles. The summed E-state index contributed by atoms with van der Waals surface area (Å²) in [6.07, 6.45) is 7.02. The number of rotatable bonds is 3. The van der Waals surface area contributed by atoms with Gasteiger partial charge in [-0.05, 0) is 82.2 Å². The first-order valence-electron chi connectivity index (χ1n) is 15.4. The third-order valence-electron chi connectivity index (χ3n) is 8.99. The van der Waals surface area contributed by atoms with Crippen LogP contribution in [0.5, 0.6) is 11.5 Å². The van der Waals surface area contributed by atoms with Crippen LogP contribution < -0.4 is 25.0 Å². The van der Waals surface area contributed by atoms with E-state index in [1.165, 1.54) is 6.42 Å². The second-order valence-electron chi connectivity index (χ2n) is 11.9. The first kappa shape index (κ1) is 29.7. The maximum absolute atomic E-state index is 13.8. The molecule has 9 nitrogen and oxygen atoms in total. The number of para-hydroxylation sites is 1. The number of amides is 3. The predicted molar refractivity (Wildman–Crippen MR) is 162 cm³/mol. The summed E-state index contributed by atoms with van der Waals surface area (Å²) in [5, 5.41) is 6.18. The number of hydrogen-bond acceptors (Lipinski definition) is 6. The smallest absolute Gasteiger partial charge is 0.257 e. The molecule has 3 aliphatic rings. The summed E-state index contributed by atoms with van der Waals surface area (Å²) in [7, 11) is 1.60. The van der Waals surface area contributed by atoms with E-state index in [1.807, 2.05) is 42.2 Å². The number of likely N-dealkylation sites (tertiary alicyclic amines) is 1. The lowest BCUT2D eigenvalue weighted by atomic mass is 9.73. The Kier molecular flexibility index (Phi) is 9.55. The van der Waals surface area contributed by atoms with Crippen LogP contribution in [0, 0.1) is 5.41 Å². The van der Waals surface area contributed by atoms with Gasteiger partial charge in [0.1, 0.15) is 18.1 Å². The van der Waals surface area contributed by atoms with E-state index >= 15 is 0 Å². The second kappa shape index (κ2) is 13.5. The SMILES string of the molecule is COc1ccc(N2CCCCC2)cc1C(=O)N1CCC2(CCCCNC(=O)c3ccccc3OC[C@@H](C)NC2=O)CC1. The maximum Gasteiger partial charge on any atom is 0.257 e. The lowest BCUT2D eigenvalue weighted by molar-refractivity contribution is -0.135. The van der Waals surface area contributed by atoms with Crippen LogP contribution in [-0.4, -0.2) is 75.1 Å². The fraction of sp³-hybridized carbons (Fsp3) is 0.545. The van der Waals surface area contributed by atoms with Crippen molar-refractivity contribution in [2.24, 2.45) is 5.41 Å². The fourth-order valence-electron chi connectivity index (χ4n) is 6.41. The Balaban J connectivity index is 1.28. The number of ether oxygens (including phenoxy) is 2. The second-order valence-corrected chi connectivity index (χ2v) is 11.9. The van der Waals surface area contributed by atoms with E-state index < -0.39 is 5.41 Å². The molecule has 0 saturated carbocycles. The Morgan fingerprint density at radius 2 is 1.71 bits per heavy atom. The van der Waals surface area contributed by atoms with Crippen LogP contribution in [0.15, 0.2) is 42.5 Å². The average Bonchev–Trinajstić information content (AvgIpc) is 3.03. The molecule has 3 amide bonds. The van der Waals surface area contributed by atoms with Gasteiger partial charge in [-0.2, -0.15) is 0 Å². The van der Waals surface area contributed by atoms with Crippen molar-refractivity contribution < 1.29 is 23.9 Å². The number of methoxy groups -OCH3 is 1. The summed E-state index contributed by atoms with van der Waals surface area (Å²) in [6.45, 7) is 5.70. The highest BCUT2D eigenvalue weighted by molar-refractivity contribution is 5.98.